The molecule has 0 saturated heterocycles. The van der Waals surface area contributed by atoms with Crippen molar-refractivity contribution in [1.82, 2.24) is 20.8 Å². The standard InChI is InChI=1S/C18H20ClN5O5/c19-14-7-6-12(24(27)28)10-13(14)16(25)20-8-9-21-17(26)18-22-15(23-29-18)11-4-2-1-3-5-11/h6-7,10-11H,1-5,8-9H2,(H,20,25)(H,21,26). The number of hydrogen-bond acceptors (Lipinski definition) is 7. The minimum Gasteiger partial charge on any atom is -0.350 e. The summed E-state index contributed by atoms with van der Waals surface area (Å²) in [4.78, 5) is 38.7. The normalized spacial score (nSPS) is 14.4. The maximum absolute atomic E-state index is 12.2. The number of hydrogen-bond donors (Lipinski definition) is 2. The van der Waals surface area contributed by atoms with Crippen LogP contribution in [0.4, 0.5) is 5.69 Å². The van der Waals surface area contributed by atoms with Crippen LogP contribution in [-0.4, -0.2) is 40.0 Å². The number of aromatic nitrogens is 2. The van der Waals surface area contributed by atoms with Gasteiger partial charge in [0.15, 0.2) is 5.82 Å². The van der Waals surface area contributed by atoms with Crippen LogP contribution in [0.1, 0.15) is 64.9 Å². The molecule has 1 aromatic carbocycles. The van der Waals surface area contributed by atoms with Crippen molar-refractivity contribution < 1.29 is 19.0 Å². The molecule has 0 unspecified atom stereocenters. The molecule has 10 nitrogen and oxygen atoms in total. The van der Waals surface area contributed by atoms with E-state index in [0.29, 0.717) is 5.82 Å². The van der Waals surface area contributed by atoms with Crippen molar-refractivity contribution in [3.63, 3.8) is 0 Å². The smallest absolute Gasteiger partial charge is 0.315 e. The zero-order valence-corrected chi connectivity index (χ0v) is 16.3. The average Bonchev–Trinajstić information content (AvgIpc) is 3.22. The van der Waals surface area contributed by atoms with E-state index < -0.39 is 16.7 Å². The van der Waals surface area contributed by atoms with Gasteiger partial charge in [-0.2, -0.15) is 4.98 Å². The highest BCUT2D eigenvalue weighted by Gasteiger charge is 2.23. The fraction of sp³-hybridized carbons (Fsp3) is 0.444. The van der Waals surface area contributed by atoms with Crippen LogP contribution in [0, 0.1) is 10.1 Å². The molecule has 1 aliphatic rings. The molecule has 3 rings (SSSR count). The van der Waals surface area contributed by atoms with Gasteiger partial charge >= 0.3 is 11.8 Å². The van der Waals surface area contributed by atoms with E-state index >= 15 is 0 Å². The Morgan fingerprint density at radius 1 is 1.17 bits per heavy atom. The number of nitrogens with one attached hydrogen (secondary N) is 2. The van der Waals surface area contributed by atoms with Crippen molar-refractivity contribution in [2.75, 3.05) is 13.1 Å². The number of nitro groups is 1. The molecule has 2 aromatic rings. The van der Waals surface area contributed by atoms with E-state index in [0.717, 1.165) is 31.7 Å². The van der Waals surface area contributed by atoms with E-state index in [4.69, 9.17) is 16.1 Å². The minimum atomic E-state index is -0.612. The molecule has 1 heterocycles. The third-order valence-electron chi connectivity index (χ3n) is 4.71. The van der Waals surface area contributed by atoms with Crippen LogP contribution >= 0.6 is 11.6 Å². The number of benzene rings is 1. The lowest BCUT2D eigenvalue weighted by molar-refractivity contribution is -0.384. The van der Waals surface area contributed by atoms with Gasteiger partial charge in [0.2, 0.25) is 0 Å². The van der Waals surface area contributed by atoms with Crippen molar-refractivity contribution in [2.24, 2.45) is 0 Å². The fourth-order valence-corrected chi connectivity index (χ4v) is 3.38. The summed E-state index contributed by atoms with van der Waals surface area (Å²) in [6.07, 6.45) is 5.43. The van der Waals surface area contributed by atoms with E-state index in [9.17, 15) is 19.7 Å². The maximum atomic E-state index is 12.2. The summed E-state index contributed by atoms with van der Waals surface area (Å²) in [5.74, 6) is -0.428. The summed E-state index contributed by atoms with van der Waals surface area (Å²) in [5, 5.41) is 19.9. The van der Waals surface area contributed by atoms with Crippen molar-refractivity contribution in [3.05, 3.63) is 50.6 Å². The van der Waals surface area contributed by atoms with Gasteiger partial charge in [0.1, 0.15) is 0 Å². The molecule has 0 atom stereocenters. The number of carbonyl (C=O) groups is 2. The zero-order valence-electron chi connectivity index (χ0n) is 15.5. The first-order valence-corrected chi connectivity index (χ1v) is 9.67. The molecular formula is C18H20ClN5O5. The molecule has 2 N–H and O–H groups in total. The SMILES string of the molecule is O=C(NCCNC(=O)c1cc([N+](=O)[O-])ccc1Cl)c1nc(C2CCCCC2)no1. The minimum absolute atomic E-state index is 0.0128. The second kappa shape index (κ2) is 9.46. The highest BCUT2D eigenvalue weighted by Crippen LogP contribution is 2.30. The molecule has 1 aliphatic carbocycles. The first kappa shape index (κ1) is 20.7. The lowest BCUT2D eigenvalue weighted by Gasteiger charge is -2.17. The Kier molecular flexibility index (Phi) is 6.76. The van der Waals surface area contributed by atoms with Crippen LogP contribution in [0.5, 0.6) is 0 Å². The maximum Gasteiger partial charge on any atom is 0.315 e. The number of halogens is 1. The van der Waals surface area contributed by atoms with E-state index in [-0.39, 0.29) is 41.2 Å². The van der Waals surface area contributed by atoms with Gasteiger partial charge in [0.25, 0.3) is 11.6 Å². The molecule has 0 radical (unpaired) electrons. The van der Waals surface area contributed by atoms with Crippen molar-refractivity contribution in [2.45, 2.75) is 38.0 Å². The molecule has 1 aromatic heterocycles. The molecule has 1 saturated carbocycles. The fourth-order valence-electron chi connectivity index (χ4n) is 3.18. The van der Waals surface area contributed by atoms with E-state index in [1.807, 2.05) is 0 Å². The molecule has 2 amide bonds. The zero-order chi connectivity index (χ0) is 20.8. The van der Waals surface area contributed by atoms with Gasteiger partial charge < -0.3 is 15.2 Å². The molecular weight excluding hydrogens is 402 g/mol. The van der Waals surface area contributed by atoms with Gasteiger partial charge in [-0.1, -0.05) is 36.0 Å². The monoisotopic (exact) mass is 421 g/mol. The second-order valence-electron chi connectivity index (χ2n) is 6.73. The summed E-state index contributed by atoms with van der Waals surface area (Å²) in [6.45, 7) is 0.200. The Morgan fingerprint density at radius 3 is 2.55 bits per heavy atom. The lowest BCUT2D eigenvalue weighted by Crippen LogP contribution is -2.35. The van der Waals surface area contributed by atoms with Gasteiger partial charge in [0.05, 0.1) is 15.5 Å². The topological polar surface area (TPSA) is 140 Å². The predicted molar refractivity (Wildman–Crippen MR) is 103 cm³/mol. The number of nitro benzene ring substituents is 1. The molecule has 0 spiro atoms. The highest BCUT2D eigenvalue weighted by molar-refractivity contribution is 6.33. The Hall–Kier alpha value is -3.01. The lowest BCUT2D eigenvalue weighted by atomic mass is 9.89. The quantitative estimate of drug-likeness (QED) is 0.397. The molecule has 1 fully saturated rings. The summed E-state index contributed by atoms with van der Waals surface area (Å²) >= 11 is 5.92. The van der Waals surface area contributed by atoms with Gasteiger partial charge in [-0.15, -0.1) is 0 Å². The van der Waals surface area contributed by atoms with Crippen molar-refractivity contribution in [1.29, 1.82) is 0 Å². The Morgan fingerprint density at radius 2 is 1.86 bits per heavy atom. The van der Waals surface area contributed by atoms with E-state index in [1.165, 1.54) is 18.6 Å². The van der Waals surface area contributed by atoms with Crippen LogP contribution in [0.15, 0.2) is 22.7 Å². The number of non-ortho nitro benzene ring substituents is 1. The number of rotatable bonds is 7. The largest absolute Gasteiger partial charge is 0.350 e. The molecule has 11 heteroatoms. The van der Waals surface area contributed by atoms with Crippen molar-refractivity contribution >= 4 is 29.1 Å². The molecule has 0 aliphatic heterocycles. The molecule has 29 heavy (non-hydrogen) atoms. The first-order valence-electron chi connectivity index (χ1n) is 9.29. The van der Waals surface area contributed by atoms with Gasteiger partial charge in [0, 0.05) is 31.1 Å². The number of amides is 2. The van der Waals surface area contributed by atoms with Crippen LogP contribution < -0.4 is 10.6 Å². The Bertz CT molecular complexity index is 910. The van der Waals surface area contributed by atoms with Crippen LogP contribution in [0.2, 0.25) is 5.02 Å². The Labute approximate surface area is 171 Å². The highest BCUT2D eigenvalue weighted by atomic mass is 35.5. The van der Waals surface area contributed by atoms with Gasteiger partial charge in [-0.3, -0.25) is 19.7 Å². The number of carbonyl (C=O) groups excluding carboxylic acids is 2. The summed E-state index contributed by atoms with van der Waals surface area (Å²) in [7, 11) is 0. The summed E-state index contributed by atoms with van der Waals surface area (Å²) in [5.41, 5.74) is -0.251. The van der Waals surface area contributed by atoms with E-state index in [1.54, 1.807) is 0 Å². The van der Waals surface area contributed by atoms with Crippen LogP contribution in [0.25, 0.3) is 0 Å². The average molecular weight is 422 g/mol. The third kappa shape index (κ3) is 5.29. The molecule has 0 bridgehead atoms. The summed E-state index contributed by atoms with van der Waals surface area (Å²) < 4.78 is 5.04. The van der Waals surface area contributed by atoms with Crippen LogP contribution in [0.3, 0.4) is 0 Å². The Balaban J connectivity index is 1.47. The second-order valence-corrected chi connectivity index (χ2v) is 7.13. The van der Waals surface area contributed by atoms with Gasteiger partial charge in [-0.25, -0.2) is 0 Å². The molecule has 154 valence electrons. The van der Waals surface area contributed by atoms with Crippen LogP contribution in [-0.2, 0) is 0 Å². The van der Waals surface area contributed by atoms with Gasteiger partial charge in [-0.05, 0) is 18.9 Å². The van der Waals surface area contributed by atoms with Crippen molar-refractivity contribution in [3.8, 4) is 0 Å². The third-order valence-corrected chi connectivity index (χ3v) is 5.04. The number of nitrogens with zero attached hydrogens (tertiary/aromatic N) is 3. The first-order chi connectivity index (χ1) is 14.0. The summed E-state index contributed by atoms with van der Waals surface area (Å²) in [6, 6.07) is 3.60. The van der Waals surface area contributed by atoms with E-state index in [2.05, 4.69) is 20.8 Å². The predicted octanol–water partition coefficient (Wildman–Crippen LogP) is 2.84.